The molecule has 0 saturated heterocycles. The fraction of sp³-hybridized carbons (Fsp3) is 0.719. The highest BCUT2D eigenvalue weighted by atomic mass is 15.2. The summed E-state index contributed by atoms with van der Waals surface area (Å²) in [6, 6.07) is 18.4. The van der Waals surface area contributed by atoms with E-state index in [0.717, 1.165) is 49.9 Å². The standard InChI is InChI=1S/C57H94N2/c1-5-9-13-15-17-19-21-23-25-27-29-31-33-36-40-50-42-38-44-52(48-50)56-54(46-12-8-4)55(47-35-11-7-3)57(59(56)58)53-45-39-43-51(49-53)41-37-34-32-30-28-26-24-22-20-18-16-14-10-6-2/h38-39,42-45,48-49H,5-37,40-41,46-47H2,1-4H3. The fourth-order valence-electron chi connectivity index (χ4n) is 9.49. The van der Waals surface area contributed by atoms with Crippen LogP contribution in [0.3, 0.4) is 0 Å². The van der Waals surface area contributed by atoms with Gasteiger partial charge in [-0.25, -0.2) is 4.70 Å². The molecule has 0 unspecified atom stereocenters. The van der Waals surface area contributed by atoms with Crippen molar-refractivity contribution in [1.29, 1.82) is 0 Å². The summed E-state index contributed by atoms with van der Waals surface area (Å²) in [6.45, 7) is 9.20. The number of hydrogen-bond acceptors (Lipinski definition) is 0. The van der Waals surface area contributed by atoms with E-state index >= 15 is 0 Å². The Morgan fingerprint density at radius 3 is 0.932 bits per heavy atom. The monoisotopic (exact) mass is 807 g/mol. The van der Waals surface area contributed by atoms with E-state index in [1.807, 2.05) is 0 Å². The van der Waals surface area contributed by atoms with Crippen molar-refractivity contribution in [2.45, 2.75) is 265 Å². The summed E-state index contributed by atoms with van der Waals surface area (Å²) in [5.74, 6) is 0. The first kappa shape index (κ1) is 50.9. The Kier molecular flexibility index (Phi) is 29.4. The van der Waals surface area contributed by atoms with Crippen LogP contribution in [0.25, 0.3) is 16.9 Å². The van der Waals surface area contributed by atoms with E-state index in [9.17, 15) is 5.53 Å². The zero-order valence-electron chi connectivity index (χ0n) is 39.7. The number of hydrogen-bond donors (Lipinski definition) is 0. The molecule has 1 aliphatic rings. The zero-order chi connectivity index (χ0) is 42.0. The molecule has 2 aromatic carbocycles. The molecule has 2 nitrogen and oxygen atoms in total. The highest BCUT2D eigenvalue weighted by Gasteiger charge is 2.35. The van der Waals surface area contributed by atoms with Gasteiger partial charge in [0, 0.05) is 22.3 Å². The van der Waals surface area contributed by atoms with Crippen LogP contribution in [0.2, 0.25) is 0 Å². The van der Waals surface area contributed by atoms with Crippen LogP contribution in [-0.4, -0.2) is 4.70 Å². The van der Waals surface area contributed by atoms with Crippen molar-refractivity contribution in [3.8, 4) is 0 Å². The van der Waals surface area contributed by atoms with Gasteiger partial charge >= 0.3 is 0 Å². The molecule has 0 atom stereocenters. The van der Waals surface area contributed by atoms with Crippen molar-refractivity contribution in [3.05, 3.63) is 87.5 Å². The Bertz CT molecular complexity index is 1430. The molecule has 0 N–H and O–H groups in total. The molecule has 0 radical (unpaired) electrons. The van der Waals surface area contributed by atoms with Gasteiger partial charge in [0.25, 0.3) is 0 Å². The SMILES string of the molecule is CCCCCCCCCCCCCCCCc1cccc(C2=C(CCCC)C(CCCCC)=C(c3cccc(CCCCCCCCCCCCCCCC)c3)[N+]2=[N-])c1. The molecule has 1 aliphatic heterocycles. The summed E-state index contributed by atoms with van der Waals surface area (Å²) in [7, 11) is 0. The van der Waals surface area contributed by atoms with Crippen molar-refractivity contribution < 1.29 is 4.70 Å². The molecule has 1 heterocycles. The summed E-state index contributed by atoms with van der Waals surface area (Å²) < 4.78 is 1.61. The summed E-state index contributed by atoms with van der Waals surface area (Å²) in [5, 5.41) is 0. The molecule has 59 heavy (non-hydrogen) atoms. The van der Waals surface area contributed by atoms with Crippen LogP contribution >= 0.6 is 0 Å². The minimum Gasteiger partial charge on any atom is -0.493 e. The van der Waals surface area contributed by atoms with Crippen LogP contribution in [0.15, 0.2) is 59.7 Å². The molecular formula is C57H94N2. The summed E-state index contributed by atoms with van der Waals surface area (Å²) in [5.41, 5.74) is 22.3. The van der Waals surface area contributed by atoms with Crippen molar-refractivity contribution in [2.24, 2.45) is 0 Å². The zero-order valence-corrected chi connectivity index (χ0v) is 39.7. The average Bonchev–Trinajstić information content (AvgIpc) is 3.53. The van der Waals surface area contributed by atoms with Crippen LogP contribution in [0.5, 0.6) is 0 Å². The first-order valence-corrected chi connectivity index (χ1v) is 26.3. The molecule has 332 valence electrons. The van der Waals surface area contributed by atoms with E-state index in [-0.39, 0.29) is 0 Å². The molecule has 0 saturated carbocycles. The molecule has 3 rings (SSSR count). The fourth-order valence-corrected chi connectivity index (χ4v) is 9.49. The highest BCUT2D eigenvalue weighted by Crippen LogP contribution is 2.45. The van der Waals surface area contributed by atoms with Crippen LogP contribution in [0, 0.1) is 0 Å². The van der Waals surface area contributed by atoms with Gasteiger partial charge in [-0.2, -0.15) is 0 Å². The van der Waals surface area contributed by atoms with Crippen molar-refractivity contribution in [1.82, 2.24) is 0 Å². The van der Waals surface area contributed by atoms with E-state index < -0.39 is 0 Å². The average molecular weight is 807 g/mol. The maximum atomic E-state index is 12.3. The molecule has 0 amide bonds. The molecule has 2 heteroatoms. The Labute approximate surface area is 367 Å². The molecule has 0 aromatic heterocycles. The van der Waals surface area contributed by atoms with Crippen LogP contribution in [0.4, 0.5) is 0 Å². The van der Waals surface area contributed by atoms with E-state index in [1.54, 1.807) is 4.70 Å². The second-order valence-electron chi connectivity index (χ2n) is 18.6. The van der Waals surface area contributed by atoms with Gasteiger partial charge in [-0.05, 0) is 86.8 Å². The Balaban J connectivity index is 1.53. The smallest absolute Gasteiger partial charge is 0.211 e. The number of aryl methyl sites for hydroxylation is 2. The van der Waals surface area contributed by atoms with Gasteiger partial charge in [-0.3, -0.25) is 0 Å². The summed E-state index contributed by atoms with van der Waals surface area (Å²) in [4.78, 5) is 0. The molecular weight excluding hydrogens is 713 g/mol. The lowest BCUT2D eigenvalue weighted by Crippen LogP contribution is -2.03. The van der Waals surface area contributed by atoms with E-state index in [4.69, 9.17) is 0 Å². The Morgan fingerprint density at radius 2 is 0.593 bits per heavy atom. The summed E-state index contributed by atoms with van der Waals surface area (Å²) in [6.07, 6.45) is 49.3. The van der Waals surface area contributed by atoms with Crippen LogP contribution in [0.1, 0.15) is 275 Å². The second-order valence-corrected chi connectivity index (χ2v) is 18.6. The number of nitrogens with zero attached hydrogens (tertiary/aromatic N) is 2. The molecule has 0 aliphatic carbocycles. The number of allylic oxidation sites excluding steroid dienone is 2. The lowest BCUT2D eigenvalue weighted by molar-refractivity contribution is -0.345. The summed E-state index contributed by atoms with van der Waals surface area (Å²) >= 11 is 0. The molecule has 0 bridgehead atoms. The highest BCUT2D eigenvalue weighted by molar-refractivity contribution is 5.82. The number of rotatable bonds is 39. The third kappa shape index (κ3) is 21.2. The van der Waals surface area contributed by atoms with Gasteiger partial charge in [0.2, 0.25) is 11.4 Å². The topological polar surface area (TPSA) is 25.3 Å². The Morgan fingerprint density at radius 1 is 0.322 bits per heavy atom. The lowest BCUT2D eigenvalue weighted by Gasteiger charge is -2.12. The largest absolute Gasteiger partial charge is 0.493 e. The predicted octanol–water partition coefficient (Wildman–Crippen LogP) is 19.7. The van der Waals surface area contributed by atoms with Gasteiger partial charge in [-0.15, -0.1) is 0 Å². The van der Waals surface area contributed by atoms with Crippen molar-refractivity contribution in [3.63, 3.8) is 0 Å². The maximum Gasteiger partial charge on any atom is 0.211 e. The predicted molar refractivity (Wildman–Crippen MR) is 262 cm³/mol. The second kappa shape index (κ2) is 34.1. The van der Waals surface area contributed by atoms with Gasteiger partial charge in [0.1, 0.15) is 0 Å². The van der Waals surface area contributed by atoms with Gasteiger partial charge in [-0.1, -0.05) is 238 Å². The molecule has 2 aromatic rings. The lowest BCUT2D eigenvalue weighted by atomic mass is 9.91. The quantitative estimate of drug-likeness (QED) is 0.0475. The van der Waals surface area contributed by atoms with Gasteiger partial charge in [0.05, 0.1) is 0 Å². The van der Waals surface area contributed by atoms with Crippen LogP contribution in [-0.2, 0) is 12.8 Å². The maximum absolute atomic E-state index is 12.3. The number of unbranched alkanes of at least 4 members (excludes halogenated alkanes) is 29. The van der Waals surface area contributed by atoms with E-state index in [2.05, 4.69) is 76.2 Å². The van der Waals surface area contributed by atoms with Gasteiger partial charge in [0.15, 0.2) is 0 Å². The molecule has 0 spiro atoms. The van der Waals surface area contributed by atoms with Crippen molar-refractivity contribution in [2.75, 3.05) is 0 Å². The van der Waals surface area contributed by atoms with Crippen LogP contribution < -0.4 is 0 Å². The Hall–Kier alpha value is -2.48. The van der Waals surface area contributed by atoms with E-state index in [0.29, 0.717) is 0 Å². The first-order chi connectivity index (χ1) is 29.1. The van der Waals surface area contributed by atoms with Gasteiger partial charge < -0.3 is 5.53 Å². The van der Waals surface area contributed by atoms with Crippen molar-refractivity contribution >= 4 is 11.4 Å². The first-order valence-electron chi connectivity index (χ1n) is 26.3. The molecule has 0 fully saturated rings. The third-order valence-corrected chi connectivity index (χ3v) is 13.2. The minimum absolute atomic E-state index is 1.02. The third-order valence-electron chi connectivity index (χ3n) is 13.2. The number of benzene rings is 2. The van der Waals surface area contributed by atoms with E-state index in [1.165, 1.54) is 232 Å². The minimum atomic E-state index is 1.02. The normalized spacial score (nSPS) is 13.1.